The van der Waals surface area contributed by atoms with Gasteiger partial charge in [-0.2, -0.15) is 0 Å². The standard InChI is InChI=1S/C16H22N2O4/c1-5-18-8-9-22-13-10-11(6-7-12(13)14(18)19)17-16(2,3)15(20)21-4/h6-7,10,17H,5,8-9H2,1-4H3. The molecule has 0 fully saturated rings. The van der Waals surface area contributed by atoms with E-state index in [1.807, 2.05) is 6.92 Å². The highest BCUT2D eigenvalue weighted by Gasteiger charge is 2.29. The SMILES string of the molecule is CCN1CCOc2cc(NC(C)(C)C(=O)OC)ccc2C1=O. The van der Waals surface area contributed by atoms with E-state index in [1.54, 1.807) is 36.9 Å². The van der Waals surface area contributed by atoms with Gasteiger partial charge >= 0.3 is 5.97 Å². The number of carbonyl (C=O) groups excluding carboxylic acids is 2. The first-order chi connectivity index (χ1) is 10.4. The number of hydrogen-bond donors (Lipinski definition) is 1. The molecule has 2 rings (SSSR count). The third-order valence-electron chi connectivity index (χ3n) is 3.65. The minimum Gasteiger partial charge on any atom is -0.491 e. The number of benzene rings is 1. The van der Waals surface area contributed by atoms with Crippen LogP contribution in [0, 0.1) is 0 Å². The molecule has 22 heavy (non-hydrogen) atoms. The molecule has 1 aromatic rings. The summed E-state index contributed by atoms with van der Waals surface area (Å²) >= 11 is 0. The van der Waals surface area contributed by atoms with Crippen LogP contribution in [-0.4, -0.2) is 49.1 Å². The largest absolute Gasteiger partial charge is 0.491 e. The zero-order chi connectivity index (χ0) is 16.3. The molecule has 0 bridgehead atoms. The second kappa shape index (κ2) is 6.25. The Hall–Kier alpha value is -2.24. The van der Waals surface area contributed by atoms with Crippen LogP contribution in [0.1, 0.15) is 31.1 Å². The molecule has 0 aliphatic carbocycles. The lowest BCUT2D eigenvalue weighted by Gasteiger charge is -2.24. The fourth-order valence-electron chi connectivity index (χ4n) is 2.40. The van der Waals surface area contributed by atoms with Gasteiger partial charge in [0.1, 0.15) is 17.9 Å². The molecular formula is C16H22N2O4. The molecule has 6 heteroatoms. The Morgan fingerprint density at radius 2 is 2.18 bits per heavy atom. The molecule has 1 amide bonds. The zero-order valence-electron chi connectivity index (χ0n) is 13.4. The second-order valence-electron chi connectivity index (χ2n) is 5.69. The Morgan fingerprint density at radius 3 is 2.82 bits per heavy atom. The molecule has 0 saturated carbocycles. The van der Waals surface area contributed by atoms with Gasteiger partial charge in [-0.15, -0.1) is 0 Å². The zero-order valence-corrected chi connectivity index (χ0v) is 13.4. The molecular weight excluding hydrogens is 284 g/mol. The summed E-state index contributed by atoms with van der Waals surface area (Å²) in [5, 5.41) is 3.10. The Labute approximate surface area is 130 Å². The highest BCUT2D eigenvalue weighted by atomic mass is 16.5. The second-order valence-corrected chi connectivity index (χ2v) is 5.69. The van der Waals surface area contributed by atoms with E-state index >= 15 is 0 Å². The summed E-state index contributed by atoms with van der Waals surface area (Å²) in [5.74, 6) is 0.136. The monoisotopic (exact) mass is 306 g/mol. The first-order valence-corrected chi connectivity index (χ1v) is 7.31. The molecule has 0 unspecified atom stereocenters. The number of rotatable bonds is 4. The molecule has 0 saturated heterocycles. The van der Waals surface area contributed by atoms with Crippen molar-refractivity contribution >= 4 is 17.6 Å². The molecule has 120 valence electrons. The van der Waals surface area contributed by atoms with Crippen LogP contribution >= 0.6 is 0 Å². The fourth-order valence-corrected chi connectivity index (χ4v) is 2.40. The molecule has 1 N–H and O–H groups in total. The van der Waals surface area contributed by atoms with Crippen LogP contribution in [0.5, 0.6) is 5.75 Å². The molecule has 0 aromatic heterocycles. The van der Waals surface area contributed by atoms with Gasteiger partial charge in [0.05, 0.1) is 19.2 Å². The number of nitrogens with one attached hydrogen (secondary N) is 1. The van der Waals surface area contributed by atoms with Crippen molar-refractivity contribution in [2.75, 3.05) is 32.1 Å². The maximum Gasteiger partial charge on any atom is 0.330 e. The lowest BCUT2D eigenvalue weighted by molar-refractivity contribution is -0.144. The Kier molecular flexibility index (Phi) is 4.59. The van der Waals surface area contributed by atoms with E-state index < -0.39 is 5.54 Å². The molecule has 1 heterocycles. The number of amides is 1. The summed E-state index contributed by atoms with van der Waals surface area (Å²) in [6, 6.07) is 5.24. The number of anilines is 1. The predicted octanol–water partition coefficient (Wildman–Crippen LogP) is 1.90. The van der Waals surface area contributed by atoms with Crippen molar-refractivity contribution in [2.45, 2.75) is 26.3 Å². The highest BCUT2D eigenvalue weighted by molar-refractivity contribution is 5.98. The number of nitrogens with zero attached hydrogens (tertiary/aromatic N) is 1. The number of likely N-dealkylation sites (N-methyl/N-ethyl adjacent to an activating group) is 1. The van der Waals surface area contributed by atoms with Crippen LogP contribution in [0.3, 0.4) is 0 Å². The molecule has 0 spiro atoms. The lowest BCUT2D eigenvalue weighted by atomic mass is 10.0. The maximum absolute atomic E-state index is 12.4. The first-order valence-electron chi connectivity index (χ1n) is 7.31. The van der Waals surface area contributed by atoms with Crippen molar-refractivity contribution in [3.63, 3.8) is 0 Å². The lowest BCUT2D eigenvalue weighted by Crippen LogP contribution is -2.41. The van der Waals surface area contributed by atoms with Gasteiger partial charge in [0.15, 0.2) is 0 Å². The van der Waals surface area contributed by atoms with Gasteiger partial charge in [-0.05, 0) is 32.9 Å². The fraction of sp³-hybridized carbons (Fsp3) is 0.500. The normalized spacial score (nSPS) is 14.7. The van der Waals surface area contributed by atoms with Gasteiger partial charge in [0, 0.05) is 18.3 Å². The summed E-state index contributed by atoms with van der Waals surface area (Å²) in [4.78, 5) is 25.9. The maximum atomic E-state index is 12.4. The molecule has 1 aliphatic rings. The van der Waals surface area contributed by atoms with E-state index in [9.17, 15) is 9.59 Å². The number of hydrogen-bond acceptors (Lipinski definition) is 5. The summed E-state index contributed by atoms with van der Waals surface area (Å²) < 4.78 is 10.4. The van der Waals surface area contributed by atoms with Crippen LogP contribution in [0.15, 0.2) is 18.2 Å². The molecule has 0 atom stereocenters. The highest BCUT2D eigenvalue weighted by Crippen LogP contribution is 2.28. The van der Waals surface area contributed by atoms with Crippen LogP contribution < -0.4 is 10.1 Å². The van der Waals surface area contributed by atoms with Gasteiger partial charge in [0.2, 0.25) is 0 Å². The number of carbonyl (C=O) groups is 2. The summed E-state index contributed by atoms with van der Waals surface area (Å²) in [6.07, 6.45) is 0. The summed E-state index contributed by atoms with van der Waals surface area (Å²) in [6.45, 7) is 7.08. The Bertz CT molecular complexity index is 584. The van der Waals surface area contributed by atoms with E-state index in [-0.39, 0.29) is 11.9 Å². The van der Waals surface area contributed by atoms with Crippen LogP contribution in [0.4, 0.5) is 5.69 Å². The van der Waals surface area contributed by atoms with Gasteiger partial charge in [-0.1, -0.05) is 0 Å². The van der Waals surface area contributed by atoms with E-state index in [2.05, 4.69) is 5.32 Å². The van der Waals surface area contributed by atoms with Crippen molar-refractivity contribution in [2.24, 2.45) is 0 Å². The van der Waals surface area contributed by atoms with Crippen molar-refractivity contribution in [1.29, 1.82) is 0 Å². The van der Waals surface area contributed by atoms with Gasteiger partial charge in [0.25, 0.3) is 5.91 Å². The van der Waals surface area contributed by atoms with E-state index in [1.165, 1.54) is 7.11 Å². The number of fused-ring (bicyclic) bond motifs is 1. The van der Waals surface area contributed by atoms with Gasteiger partial charge in [-0.3, -0.25) is 4.79 Å². The third-order valence-corrected chi connectivity index (χ3v) is 3.65. The van der Waals surface area contributed by atoms with Crippen molar-refractivity contribution < 1.29 is 19.1 Å². The average molecular weight is 306 g/mol. The number of esters is 1. The third kappa shape index (κ3) is 3.16. The van der Waals surface area contributed by atoms with Gasteiger partial charge < -0.3 is 19.7 Å². The van der Waals surface area contributed by atoms with Crippen molar-refractivity contribution in [3.05, 3.63) is 23.8 Å². The minimum atomic E-state index is -0.868. The van der Waals surface area contributed by atoms with Gasteiger partial charge in [-0.25, -0.2) is 4.79 Å². The van der Waals surface area contributed by atoms with Crippen LogP contribution in [0.25, 0.3) is 0 Å². The summed E-state index contributed by atoms with van der Waals surface area (Å²) in [7, 11) is 1.35. The predicted molar refractivity (Wildman–Crippen MR) is 83.2 cm³/mol. The quantitative estimate of drug-likeness (QED) is 0.861. The topological polar surface area (TPSA) is 67.9 Å². The van der Waals surface area contributed by atoms with E-state index in [0.29, 0.717) is 36.7 Å². The molecule has 6 nitrogen and oxygen atoms in total. The number of ether oxygens (including phenoxy) is 2. The van der Waals surface area contributed by atoms with Crippen LogP contribution in [0.2, 0.25) is 0 Å². The van der Waals surface area contributed by atoms with Crippen molar-refractivity contribution in [1.82, 2.24) is 4.90 Å². The average Bonchev–Trinajstić information content (AvgIpc) is 2.64. The number of methoxy groups -OCH3 is 1. The Balaban J connectivity index is 2.27. The smallest absolute Gasteiger partial charge is 0.330 e. The summed E-state index contributed by atoms with van der Waals surface area (Å²) in [5.41, 5.74) is 0.375. The first kappa shape index (κ1) is 16.1. The molecule has 1 aliphatic heterocycles. The van der Waals surface area contributed by atoms with Crippen LogP contribution in [-0.2, 0) is 9.53 Å². The molecule has 0 radical (unpaired) electrons. The van der Waals surface area contributed by atoms with Crippen molar-refractivity contribution in [3.8, 4) is 5.75 Å². The minimum absolute atomic E-state index is 0.0335. The molecule has 1 aromatic carbocycles. The Morgan fingerprint density at radius 1 is 1.45 bits per heavy atom. The van der Waals surface area contributed by atoms with E-state index in [4.69, 9.17) is 9.47 Å². The van der Waals surface area contributed by atoms with E-state index in [0.717, 1.165) is 0 Å².